The minimum Gasteiger partial charge on any atom is -0.497 e. The molecule has 1 atom stereocenters. The summed E-state index contributed by atoms with van der Waals surface area (Å²) in [5.74, 6) is -0.183. The van der Waals surface area contributed by atoms with Crippen LogP contribution in [0.4, 0.5) is 5.13 Å². The van der Waals surface area contributed by atoms with Crippen LogP contribution in [-0.4, -0.2) is 53.0 Å². The van der Waals surface area contributed by atoms with E-state index >= 15 is 0 Å². The average molecular weight is 531 g/mol. The molecule has 38 heavy (non-hydrogen) atoms. The highest BCUT2D eigenvalue weighted by atomic mass is 32.1. The van der Waals surface area contributed by atoms with Crippen molar-refractivity contribution >= 4 is 39.2 Å². The number of nitrogens with one attached hydrogen (secondary N) is 1. The maximum Gasteiger partial charge on any atom is 0.340 e. The van der Waals surface area contributed by atoms with Crippen LogP contribution in [0.5, 0.6) is 5.75 Å². The number of thiazole rings is 1. The van der Waals surface area contributed by atoms with Crippen LogP contribution in [0.15, 0.2) is 53.9 Å². The van der Waals surface area contributed by atoms with E-state index in [4.69, 9.17) is 14.5 Å². The van der Waals surface area contributed by atoms with Gasteiger partial charge in [-0.1, -0.05) is 44.2 Å². The summed E-state index contributed by atoms with van der Waals surface area (Å²) in [4.78, 5) is 38.4. The lowest BCUT2D eigenvalue weighted by atomic mass is 9.95. The fraction of sp³-hybridized carbons (Fsp3) is 0.310. The second-order valence-corrected chi connectivity index (χ2v) is 9.97. The summed E-state index contributed by atoms with van der Waals surface area (Å²) in [5, 5.41) is 5.87. The monoisotopic (exact) mass is 530 g/mol. The van der Waals surface area contributed by atoms with E-state index < -0.39 is 18.0 Å². The highest BCUT2D eigenvalue weighted by Crippen LogP contribution is 2.30. The minimum absolute atomic E-state index is 0.331. The molecule has 0 bridgehead atoms. The van der Waals surface area contributed by atoms with Gasteiger partial charge in [0.05, 0.1) is 23.9 Å². The van der Waals surface area contributed by atoms with E-state index in [1.807, 2.05) is 60.8 Å². The Labute approximate surface area is 225 Å². The molecule has 3 heterocycles. The first-order valence-electron chi connectivity index (χ1n) is 12.7. The van der Waals surface area contributed by atoms with Gasteiger partial charge in [0.2, 0.25) is 0 Å². The summed E-state index contributed by atoms with van der Waals surface area (Å²) < 4.78 is 11.1. The number of amides is 1. The van der Waals surface area contributed by atoms with Gasteiger partial charge in [-0.15, -0.1) is 11.3 Å². The van der Waals surface area contributed by atoms with Gasteiger partial charge in [0.15, 0.2) is 11.2 Å². The lowest BCUT2D eigenvalue weighted by molar-refractivity contribution is -0.124. The number of methoxy groups -OCH3 is 1. The molecule has 1 unspecified atom stereocenters. The number of benzene rings is 2. The zero-order valence-corrected chi connectivity index (χ0v) is 22.5. The van der Waals surface area contributed by atoms with E-state index in [-0.39, 0.29) is 0 Å². The number of hydrogen-bond acceptors (Lipinski definition) is 8. The van der Waals surface area contributed by atoms with Crippen molar-refractivity contribution < 1.29 is 19.1 Å². The van der Waals surface area contributed by atoms with Gasteiger partial charge in [-0.2, -0.15) is 0 Å². The smallest absolute Gasteiger partial charge is 0.340 e. The Morgan fingerprint density at radius 3 is 2.76 bits per heavy atom. The second-order valence-electron chi connectivity index (χ2n) is 9.11. The minimum atomic E-state index is -0.958. The molecule has 1 aliphatic rings. The maximum atomic E-state index is 13.6. The van der Waals surface area contributed by atoms with Crippen LogP contribution in [0.3, 0.4) is 0 Å². The van der Waals surface area contributed by atoms with E-state index in [9.17, 15) is 9.59 Å². The Balaban J connectivity index is 1.36. The third-order valence-corrected chi connectivity index (χ3v) is 7.55. The molecule has 0 saturated heterocycles. The van der Waals surface area contributed by atoms with Gasteiger partial charge < -0.3 is 9.47 Å². The van der Waals surface area contributed by atoms with Crippen LogP contribution in [0.1, 0.15) is 41.9 Å². The molecule has 9 heteroatoms. The molecule has 0 fully saturated rings. The van der Waals surface area contributed by atoms with Crippen LogP contribution in [0.2, 0.25) is 0 Å². The number of carbonyl (C=O) groups is 2. The summed E-state index contributed by atoms with van der Waals surface area (Å²) in [6.45, 7) is 6.33. The molecule has 0 saturated carbocycles. The normalized spacial score (nSPS) is 14.1. The molecule has 1 N–H and O–H groups in total. The summed E-state index contributed by atoms with van der Waals surface area (Å²) in [6.07, 6.45) is 0.143. The number of aromatic nitrogens is 2. The van der Waals surface area contributed by atoms with Crippen LogP contribution in [0.25, 0.3) is 22.2 Å². The van der Waals surface area contributed by atoms with Crippen molar-refractivity contribution in [1.82, 2.24) is 14.9 Å². The first-order valence-corrected chi connectivity index (χ1v) is 13.6. The fourth-order valence-corrected chi connectivity index (χ4v) is 5.41. The molecule has 4 aromatic rings. The molecule has 0 aliphatic carbocycles. The predicted octanol–water partition coefficient (Wildman–Crippen LogP) is 5.32. The second kappa shape index (κ2) is 11.3. The molecule has 8 nitrogen and oxygen atoms in total. The average Bonchev–Trinajstić information content (AvgIpc) is 3.42. The molecule has 0 spiro atoms. The van der Waals surface area contributed by atoms with Crippen LogP contribution >= 0.6 is 11.3 Å². The van der Waals surface area contributed by atoms with Gasteiger partial charge in [-0.3, -0.25) is 20.0 Å². The number of anilines is 1. The van der Waals surface area contributed by atoms with E-state index in [2.05, 4.69) is 22.1 Å². The topological polar surface area (TPSA) is 93.7 Å². The predicted molar refractivity (Wildman–Crippen MR) is 149 cm³/mol. The fourth-order valence-electron chi connectivity index (χ4n) is 4.69. The molecule has 5 rings (SSSR count). The number of fused-ring (bicyclic) bond motifs is 2. The largest absolute Gasteiger partial charge is 0.497 e. The van der Waals surface area contributed by atoms with Crippen molar-refractivity contribution in [3.05, 3.63) is 70.7 Å². The summed E-state index contributed by atoms with van der Waals surface area (Å²) in [5.41, 5.74) is 4.68. The third kappa shape index (κ3) is 5.25. The molecule has 1 amide bonds. The van der Waals surface area contributed by atoms with Crippen LogP contribution in [0, 0.1) is 0 Å². The number of likely N-dealkylation sites (N-methyl/N-ethyl adjacent to an activating group) is 1. The quantitative estimate of drug-likeness (QED) is 0.308. The van der Waals surface area contributed by atoms with Crippen LogP contribution in [-0.2, 0) is 22.5 Å². The lowest BCUT2D eigenvalue weighted by Gasteiger charge is -2.29. The van der Waals surface area contributed by atoms with E-state index in [1.165, 1.54) is 11.3 Å². The van der Waals surface area contributed by atoms with Gasteiger partial charge >= 0.3 is 5.97 Å². The number of ether oxygens (including phenoxy) is 2. The van der Waals surface area contributed by atoms with Gasteiger partial charge in [-0.05, 0) is 31.2 Å². The summed E-state index contributed by atoms with van der Waals surface area (Å²) in [7, 11) is 1.61. The molecule has 0 radical (unpaired) electrons. The number of esters is 1. The Morgan fingerprint density at radius 1 is 1.13 bits per heavy atom. The highest BCUT2D eigenvalue weighted by Gasteiger charge is 2.29. The van der Waals surface area contributed by atoms with Crippen LogP contribution < -0.4 is 10.1 Å². The Hall–Kier alpha value is -3.82. The first kappa shape index (κ1) is 25.8. The lowest BCUT2D eigenvalue weighted by Crippen LogP contribution is -2.35. The number of hydrogen-bond donors (Lipinski definition) is 1. The Bertz CT molecular complexity index is 1480. The van der Waals surface area contributed by atoms with Gasteiger partial charge in [0, 0.05) is 47.1 Å². The van der Waals surface area contributed by atoms with Gasteiger partial charge in [0.25, 0.3) is 5.91 Å². The van der Waals surface area contributed by atoms with E-state index in [1.54, 1.807) is 7.11 Å². The van der Waals surface area contributed by atoms with Crippen molar-refractivity contribution in [2.45, 2.75) is 39.3 Å². The standard InChI is InChI=1S/C29H30N4O4S/c1-4-25(27(34)32-29-31-24(17-38-29)18-9-8-10-19(15-18)36-3)37-28(35)26-20-11-6-7-12-22(20)30-23-13-14-33(5-2)16-21(23)26/h6-12,15,17,25H,4-5,13-14,16H2,1-3H3,(H,31,32,34). The number of nitrogens with zero attached hydrogens (tertiary/aromatic N) is 3. The number of rotatable bonds is 8. The van der Waals surface area contributed by atoms with Crippen molar-refractivity contribution in [3.63, 3.8) is 0 Å². The van der Waals surface area contributed by atoms with Gasteiger partial charge in [-0.25, -0.2) is 9.78 Å². The van der Waals surface area contributed by atoms with Gasteiger partial charge in [0.1, 0.15) is 5.75 Å². The third-order valence-electron chi connectivity index (χ3n) is 6.79. The molecular weight excluding hydrogens is 500 g/mol. The van der Waals surface area contributed by atoms with E-state index in [0.29, 0.717) is 23.7 Å². The van der Waals surface area contributed by atoms with Crippen molar-refractivity contribution in [1.29, 1.82) is 0 Å². The van der Waals surface area contributed by atoms with Crippen molar-refractivity contribution in [2.24, 2.45) is 0 Å². The van der Waals surface area contributed by atoms with E-state index in [0.717, 1.165) is 58.7 Å². The Kier molecular flexibility index (Phi) is 7.67. The number of carbonyl (C=O) groups excluding carboxylic acids is 2. The number of para-hydroxylation sites is 1. The summed E-state index contributed by atoms with van der Waals surface area (Å²) in [6, 6.07) is 15.2. The number of pyridine rings is 1. The highest BCUT2D eigenvalue weighted by molar-refractivity contribution is 7.14. The molecular formula is C29H30N4O4S. The molecule has 1 aliphatic heterocycles. The molecule has 2 aromatic carbocycles. The zero-order valence-electron chi connectivity index (χ0n) is 21.7. The Morgan fingerprint density at radius 2 is 1.97 bits per heavy atom. The zero-order chi connectivity index (χ0) is 26.6. The summed E-state index contributed by atoms with van der Waals surface area (Å²) >= 11 is 1.31. The SMILES string of the molecule is CCC(OC(=O)c1c2c(nc3ccccc13)CCN(CC)C2)C(=O)Nc1nc(-c2cccc(OC)c2)cs1. The molecule has 196 valence electrons. The van der Waals surface area contributed by atoms with Crippen molar-refractivity contribution in [3.8, 4) is 17.0 Å². The first-order chi connectivity index (χ1) is 18.5. The maximum absolute atomic E-state index is 13.6. The molecule has 2 aromatic heterocycles. The van der Waals surface area contributed by atoms with Crippen molar-refractivity contribution in [2.75, 3.05) is 25.5 Å².